The highest BCUT2D eigenvalue weighted by Gasteiger charge is 2.48. The first-order valence-electron chi connectivity index (χ1n) is 5.92. The maximum absolute atomic E-state index is 6.38. The molecule has 2 atom stereocenters. The average Bonchev–Trinajstić information content (AvgIpc) is 2.66. The number of hydrogen-bond acceptors (Lipinski definition) is 3. The monoisotopic (exact) mass is 273 g/mol. The van der Waals surface area contributed by atoms with E-state index in [2.05, 4.69) is 27.7 Å². The first kappa shape index (κ1) is 13.3. The summed E-state index contributed by atoms with van der Waals surface area (Å²) in [5.41, 5.74) is 6.11. The van der Waals surface area contributed by atoms with Gasteiger partial charge in [-0.05, 0) is 46.2 Å². The molecule has 0 aromatic carbocycles. The van der Waals surface area contributed by atoms with Crippen molar-refractivity contribution >= 4 is 22.9 Å². The van der Waals surface area contributed by atoms with Gasteiger partial charge in [0.25, 0.3) is 0 Å². The van der Waals surface area contributed by atoms with Crippen LogP contribution in [0.4, 0.5) is 0 Å². The molecule has 2 heterocycles. The summed E-state index contributed by atoms with van der Waals surface area (Å²) in [6.45, 7) is 8.51. The molecule has 0 aliphatic carbocycles. The Morgan fingerprint density at radius 3 is 2.47 bits per heavy atom. The quantitative estimate of drug-likeness (QED) is 0.884. The number of halogens is 1. The molecule has 1 aliphatic rings. The molecule has 0 spiro atoms. The fraction of sp³-hybridized carbons (Fsp3) is 0.692. The van der Waals surface area contributed by atoms with E-state index in [1.807, 2.05) is 12.1 Å². The molecule has 2 nitrogen and oxygen atoms in total. The summed E-state index contributed by atoms with van der Waals surface area (Å²) in [6, 6.07) is 3.94. The average molecular weight is 274 g/mol. The zero-order chi connectivity index (χ0) is 12.8. The molecule has 2 rings (SSSR count). The second kappa shape index (κ2) is 4.23. The first-order valence-corrected chi connectivity index (χ1v) is 7.12. The molecule has 1 aromatic rings. The van der Waals surface area contributed by atoms with Crippen LogP contribution in [-0.2, 0) is 4.74 Å². The van der Waals surface area contributed by atoms with E-state index in [0.717, 1.165) is 15.6 Å². The zero-order valence-corrected chi connectivity index (χ0v) is 12.4. The maximum Gasteiger partial charge on any atom is 0.0931 e. The van der Waals surface area contributed by atoms with Crippen molar-refractivity contribution in [1.82, 2.24) is 0 Å². The van der Waals surface area contributed by atoms with Crippen LogP contribution in [0.15, 0.2) is 12.1 Å². The third-order valence-electron chi connectivity index (χ3n) is 3.50. The van der Waals surface area contributed by atoms with E-state index in [1.54, 1.807) is 11.3 Å². The molecule has 17 heavy (non-hydrogen) atoms. The van der Waals surface area contributed by atoms with Gasteiger partial charge in [0.05, 0.1) is 15.5 Å². The third-order valence-corrected chi connectivity index (χ3v) is 4.83. The van der Waals surface area contributed by atoms with Gasteiger partial charge in [-0.1, -0.05) is 11.6 Å². The minimum Gasteiger partial charge on any atom is -0.369 e. The van der Waals surface area contributed by atoms with Crippen molar-refractivity contribution in [3.63, 3.8) is 0 Å². The number of ether oxygens (including phenoxy) is 1. The van der Waals surface area contributed by atoms with Crippen LogP contribution in [0.1, 0.15) is 45.0 Å². The van der Waals surface area contributed by atoms with Gasteiger partial charge in [-0.25, -0.2) is 0 Å². The van der Waals surface area contributed by atoms with Gasteiger partial charge in [0, 0.05) is 16.8 Å². The Morgan fingerprint density at radius 1 is 1.41 bits per heavy atom. The lowest BCUT2D eigenvalue weighted by Gasteiger charge is -2.30. The summed E-state index contributed by atoms with van der Waals surface area (Å²) in [6.07, 6.45) is 0.983. The summed E-state index contributed by atoms with van der Waals surface area (Å²) in [4.78, 5) is 1.15. The predicted molar refractivity (Wildman–Crippen MR) is 73.6 cm³/mol. The zero-order valence-electron chi connectivity index (χ0n) is 10.8. The van der Waals surface area contributed by atoms with Crippen molar-refractivity contribution in [2.75, 3.05) is 0 Å². The van der Waals surface area contributed by atoms with Crippen molar-refractivity contribution in [3.8, 4) is 0 Å². The molecule has 1 fully saturated rings. The number of rotatable bonds is 2. The largest absolute Gasteiger partial charge is 0.369 e. The first-order chi connectivity index (χ1) is 7.71. The Morgan fingerprint density at radius 2 is 2.06 bits per heavy atom. The highest BCUT2D eigenvalue weighted by atomic mass is 35.5. The van der Waals surface area contributed by atoms with Crippen molar-refractivity contribution < 1.29 is 4.74 Å². The Balaban J connectivity index is 2.23. The van der Waals surface area contributed by atoms with Gasteiger partial charge in [-0.3, -0.25) is 0 Å². The van der Waals surface area contributed by atoms with Crippen LogP contribution in [-0.4, -0.2) is 11.2 Å². The summed E-state index contributed by atoms with van der Waals surface area (Å²) >= 11 is 7.54. The number of thiophene rings is 1. The normalized spacial score (nSPS) is 28.2. The molecule has 0 radical (unpaired) electrons. The third kappa shape index (κ3) is 2.68. The molecule has 1 aromatic heterocycles. The number of nitrogens with two attached hydrogens (primary N) is 1. The summed E-state index contributed by atoms with van der Waals surface area (Å²) in [5, 5.41) is 0. The second-order valence-electron chi connectivity index (χ2n) is 5.94. The molecule has 2 unspecified atom stereocenters. The van der Waals surface area contributed by atoms with E-state index < -0.39 is 0 Å². The van der Waals surface area contributed by atoms with Crippen molar-refractivity contribution in [3.05, 3.63) is 21.3 Å². The number of hydrogen-bond donors (Lipinski definition) is 1. The van der Waals surface area contributed by atoms with Crippen LogP contribution in [0.25, 0.3) is 0 Å². The molecule has 1 aliphatic heterocycles. The lowest BCUT2D eigenvalue weighted by atomic mass is 9.81. The van der Waals surface area contributed by atoms with Gasteiger partial charge < -0.3 is 10.5 Å². The smallest absolute Gasteiger partial charge is 0.0931 e. The van der Waals surface area contributed by atoms with Gasteiger partial charge in [0.1, 0.15) is 0 Å². The van der Waals surface area contributed by atoms with E-state index in [4.69, 9.17) is 22.1 Å². The predicted octanol–water partition coefficient (Wildman–Crippen LogP) is 4.00. The van der Waals surface area contributed by atoms with Crippen molar-refractivity contribution in [1.29, 1.82) is 0 Å². The van der Waals surface area contributed by atoms with Crippen molar-refractivity contribution in [2.45, 2.75) is 51.4 Å². The molecule has 0 amide bonds. The van der Waals surface area contributed by atoms with E-state index in [0.29, 0.717) is 5.92 Å². The minimum absolute atomic E-state index is 0.00396. The molecule has 0 bridgehead atoms. The lowest BCUT2D eigenvalue weighted by molar-refractivity contribution is -0.0766. The van der Waals surface area contributed by atoms with Gasteiger partial charge >= 0.3 is 0 Å². The molecule has 4 heteroatoms. The highest BCUT2D eigenvalue weighted by molar-refractivity contribution is 7.16. The van der Waals surface area contributed by atoms with E-state index >= 15 is 0 Å². The van der Waals surface area contributed by atoms with Crippen LogP contribution in [0.5, 0.6) is 0 Å². The second-order valence-corrected chi connectivity index (χ2v) is 7.69. The van der Waals surface area contributed by atoms with E-state index in [-0.39, 0.29) is 17.2 Å². The highest BCUT2D eigenvalue weighted by Crippen LogP contribution is 2.47. The lowest BCUT2D eigenvalue weighted by Crippen LogP contribution is -2.35. The van der Waals surface area contributed by atoms with Gasteiger partial charge in [0.15, 0.2) is 0 Å². The van der Waals surface area contributed by atoms with Gasteiger partial charge in [0.2, 0.25) is 0 Å². The molecule has 96 valence electrons. The SMILES string of the molecule is CC1(C)CC(C(N)c2ccc(Cl)s2)C(C)(C)O1. The maximum atomic E-state index is 6.38. The molecule has 0 saturated carbocycles. The summed E-state index contributed by atoms with van der Waals surface area (Å²) < 4.78 is 6.89. The van der Waals surface area contributed by atoms with Crippen LogP contribution in [0, 0.1) is 5.92 Å². The Bertz CT molecular complexity index is 413. The Labute approximate surface area is 112 Å². The summed E-state index contributed by atoms with van der Waals surface area (Å²) in [5.74, 6) is 0.326. The van der Waals surface area contributed by atoms with Crippen LogP contribution in [0.3, 0.4) is 0 Å². The Hall–Kier alpha value is -0.0900. The Kier molecular flexibility index (Phi) is 3.32. The van der Waals surface area contributed by atoms with Crippen LogP contribution in [0.2, 0.25) is 4.34 Å². The van der Waals surface area contributed by atoms with Gasteiger partial charge in [-0.15, -0.1) is 11.3 Å². The molecule has 1 saturated heterocycles. The molecular weight excluding hydrogens is 254 g/mol. The minimum atomic E-state index is -0.181. The van der Waals surface area contributed by atoms with E-state index in [9.17, 15) is 0 Å². The fourth-order valence-corrected chi connectivity index (χ4v) is 4.00. The summed E-state index contributed by atoms with van der Waals surface area (Å²) in [7, 11) is 0. The van der Waals surface area contributed by atoms with Crippen molar-refractivity contribution in [2.24, 2.45) is 11.7 Å². The molecule has 2 N–H and O–H groups in total. The topological polar surface area (TPSA) is 35.2 Å². The van der Waals surface area contributed by atoms with Crippen LogP contribution < -0.4 is 5.73 Å². The molecular formula is C13H20ClNOS. The van der Waals surface area contributed by atoms with Gasteiger partial charge in [-0.2, -0.15) is 0 Å². The fourth-order valence-electron chi connectivity index (χ4n) is 2.87. The van der Waals surface area contributed by atoms with Crippen LogP contribution >= 0.6 is 22.9 Å². The standard InChI is InChI=1S/C13H20ClNOS/c1-12(2)7-8(13(3,4)16-12)11(15)9-5-6-10(14)17-9/h5-6,8,11H,7,15H2,1-4H3. The van der Waals surface area contributed by atoms with E-state index in [1.165, 1.54) is 0 Å².